The standard InChI is InChI=1S/C20H24ClN3O4S/c1-12(2)18(24-29(27,28)16-7-5-6-15(21)11-16)20(26)23-22-19(25)17-9-8-13(3)10-14(17)4/h5-12,18,24H,1-4H3,(H,22,25)(H,23,26)/t18-/m0/s1. The predicted octanol–water partition coefficient (Wildman–Crippen LogP) is 2.72. The number of rotatable bonds is 6. The van der Waals surface area contributed by atoms with E-state index in [1.54, 1.807) is 39.0 Å². The van der Waals surface area contributed by atoms with Gasteiger partial charge in [0.15, 0.2) is 0 Å². The first-order valence-electron chi connectivity index (χ1n) is 8.96. The van der Waals surface area contributed by atoms with Crippen LogP contribution in [0.3, 0.4) is 0 Å². The Morgan fingerprint density at radius 1 is 1.00 bits per heavy atom. The Labute approximate surface area is 175 Å². The molecule has 0 bridgehead atoms. The van der Waals surface area contributed by atoms with Gasteiger partial charge in [-0.2, -0.15) is 4.72 Å². The maximum Gasteiger partial charge on any atom is 0.269 e. The molecule has 2 aromatic rings. The lowest BCUT2D eigenvalue weighted by atomic mass is 10.1. The summed E-state index contributed by atoms with van der Waals surface area (Å²) in [5.74, 6) is -1.54. The molecule has 3 N–H and O–H groups in total. The number of hydrogen-bond donors (Lipinski definition) is 3. The second kappa shape index (κ2) is 9.39. The van der Waals surface area contributed by atoms with Crippen LogP contribution in [0.5, 0.6) is 0 Å². The van der Waals surface area contributed by atoms with E-state index in [1.807, 2.05) is 13.0 Å². The highest BCUT2D eigenvalue weighted by molar-refractivity contribution is 7.89. The van der Waals surface area contributed by atoms with Gasteiger partial charge in [-0.15, -0.1) is 0 Å². The minimum Gasteiger partial charge on any atom is -0.271 e. The molecule has 0 aromatic heterocycles. The summed E-state index contributed by atoms with van der Waals surface area (Å²) in [5, 5.41) is 0.263. The van der Waals surface area contributed by atoms with Crippen molar-refractivity contribution in [1.29, 1.82) is 0 Å². The van der Waals surface area contributed by atoms with Crippen LogP contribution < -0.4 is 15.6 Å². The largest absolute Gasteiger partial charge is 0.271 e. The SMILES string of the molecule is Cc1ccc(C(=O)NNC(=O)[C@@H](NS(=O)(=O)c2cccc(Cl)c2)C(C)C)c(C)c1. The molecule has 0 radical (unpaired) electrons. The fourth-order valence-corrected chi connectivity index (χ4v) is 4.34. The molecule has 7 nitrogen and oxygen atoms in total. The average molecular weight is 438 g/mol. The minimum absolute atomic E-state index is 0.0530. The van der Waals surface area contributed by atoms with E-state index in [9.17, 15) is 18.0 Å². The first-order chi connectivity index (χ1) is 13.5. The van der Waals surface area contributed by atoms with Gasteiger partial charge in [-0.1, -0.05) is 49.2 Å². The lowest BCUT2D eigenvalue weighted by Gasteiger charge is -2.22. The molecule has 2 rings (SSSR count). The van der Waals surface area contributed by atoms with Crippen molar-refractivity contribution >= 4 is 33.4 Å². The summed E-state index contributed by atoms with van der Waals surface area (Å²) < 4.78 is 27.6. The van der Waals surface area contributed by atoms with Gasteiger partial charge in [0.1, 0.15) is 6.04 Å². The Morgan fingerprint density at radius 2 is 1.69 bits per heavy atom. The minimum atomic E-state index is -3.98. The first kappa shape index (κ1) is 22.9. The van der Waals surface area contributed by atoms with E-state index in [-0.39, 0.29) is 15.8 Å². The zero-order chi connectivity index (χ0) is 21.8. The predicted molar refractivity (Wildman–Crippen MR) is 112 cm³/mol. The van der Waals surface area contributed by atoms with Crippen molar-refractivity contribution in [3.05, 3.63) is 64.2 Å². The summed E-state index contributed by atoms with van der Waals surface area (Å²) >= 11 is 5.86. The van der Waals surface area contributed by atoms with E-state index in [4.69, 9.17) is 11.6 Å². The molecule has 0 aliphatic rings. The monoisotopic (exact) mass is 437 g/mol. The molecule has 0 spiro atoms. The lowest BCUT2D eigenvalue weighted by molar-refractivity contribution is -0.124. The van der Waals surface area contributed by atoms with Crippen molar-refractivity contribution in [1.82, 2.24) is 15.6 Å². The molecule has 0 aliphatic carbocycles. The Kier molecular flexibility index (Phi) is 7.40. The number of aryl methyl sites for hydroxylation is 2. The Hall–Kier alpha value is -2.42. The van der Waals surface area contributed by atoms with Crippen molar-refractivity contribution in [3.8, 4) is 0 Å². The van der Waals surface area contributed by atoms with Gasteiger partial charge in [0.2, 0.25) is 10.0 Å². The normalized spacial score (nSPS) is 12.5. The van der Waals surface area contributed by atoms with Gasteiger partial charge in [-0.3, -0.25) is 20.4 Å². The molecule has 9 heteroatoms. The van der Waals surface area contributed by atoms with Crippen LogP contribution in [0.15, 0.2) is 47.4 Å². The highest BCUT2D eigenvalue weighted by Gasteiger charge is 2.29. The highest BCUT2D eigenvalue weighted by atomic mass is 35.5. The Morgan fingerprint density at radius 3 is 2.28 bits per heavy atom. The first-order valence-corrected chi connectivity index (χ1v) is 10.8. The van der Waals surface area contributed by atoms with Gasteiger partial charge >= 0.3 is 0 Å². The molecular weight excluding hydrogens is 414 g/mol. The summed E-state index contributed by atoms with van der Waals surface area (Å²) in [5.41, 5.74) is 6.82. The third-order valence-corrected chi connectivity index (χ3v) is 5.94. The Bertz CT molecular complexity index is 1020. The zero-order valence-electron chi connectivity index (χ0n) is 16.6. The number of carbonyl (C=O) groups is 2. The molecule has 1 atom stereocenters. The zero-order valence-corrected chi connectivity index (χ0v) is 18.2. The van der Waals surface area contributed by atoms with Crippen LogP contribution in [-0.4, -0.2) is 26.3 Å². The van der Waals surface area contributed by atoms with E-state index < -0.39 is 27.9 Å². The molecule has 0 saturated heterocycles. The third kappa shape index (κ3) is 6.03. The molecule has 2 amide bonds. The van der Waals surface area contributed by atoms with Crippen LogP contribution in [0.25, 0.3) is 0 Å². The number of hydrazine groups is 1. The molecule has 156 valence electrons. The van der Waals surface area contributed by atoms with E-state index in [0.29, 0.717) is 5.56 Å². The van der Waals surface area contributed by atoms with E-state index in [0.717, 1.165) is 11.1 Å². The van der Waals surface area contributed by atoms with Crippen LogP contribution >= 0.6 is 11.6 Å². The van der Waals surface area contributed by atoms with Crippen LogP contribution in [0, 0.1) is 19.8 Å². The van der Waals surface area contributed by atoms with E-state index in [2.05, 4.69) is 15.6 Å². The van der Waals surface area contributed by atoms with Gasteiger partial charge in [0.25, 0.3) is 11.8 Å². The van der Waals surface area contributed by atoms with Gasteiger partial charge in [-0.25, -0.2) is 8.42 Å². The van der Waals surface area contributed by atoms with Crippen molar-refractivity contribution in [2.75, 3.05) is 0 Å². The molecule has 2 aromatic carbocycles. The van der Waals surface area contributed by atoms with Crippen LogP contribution in [0.4, 0.5) is 0 Å². The Balaban J connectivity index is 2.10. The van der Waals surface area contributed by atoms with Crippen molar-refractivity contribution in [2.45, 2.75) is 38.6 Å². The van der Waals surface area contributed by atoms with Gasteiger partial charge in [0, 0.05) is 10.6 Å². The fourth-order valence-electron chi connectivity index (χ4n) is 2.69. The maximum atomic E-state index is 12.6. The molecule has 0 fully saturated rings. The van der Waals surface area contributed by atoms with Crippen molar-refractivity contribution in [2.24, 2.45) is 5.92 Å². The molecule has 0 heterocycles. The molecular formula is C20H24ClN3O4S. The lowest BCUT2D eigenvalue weighted by Crippen LogP contribution is -2.54. The fraction of sp³-hybridized carbons (Fsp3) is 0.300. The summed E-state index contributed by atoms with van der Waals surface area (Å²) in [6.45, 7) is 7.09. The van der Waals surface area contributed by atoms with Crippen molar-refractivity contribution < 1.29 is 18.0 Å². The molecule has 0 aliphatic heterocycles. The second-order valence-electron chi connectivity index (χ2n) is 7.06. The summed E-state index contributed by atoms with van der Waals surface area (Å²) in [6, 6.07) is 9.94. The van der Waals surface area contributed by atoms with Crippen LogP contribution in [-0.2, 0) is 14.8 Å². The maximum absolute atomic E-state index is 12.6. The van der Waals surface area contributed by atoms with E-state index in [1.165, 1.54) is 18.2 Å². The number of halogens is 1. The number of sulfonamides is 1. The van der Waals surface area contributed by atoms with Crippen LogP contribution in [0.2, 0.25) is 5.02 Å². The van der Waals surface area contributed by atoms with Crippen LogP contribution in [0.1, 0.15) is 35.3 Å². The summed E-state index contributed by atoms with van der Waals surface area (Å²) in [4.78, 5) is 24.8. The number of hydrogen-bond acceptors (Lipinski definition) is 4. The van der Waals surface area contributed by atoms with Gasteiger partial charge in [0.05, 0.1) is 4.90 Å². The highest BCUT2D eigenvalue weighted by Crippen LogP contribution is 2.17. The smallest absolute Gasteiger partial charge is 0.269 e. The molecule has 0 unspecified atom stereocenters. The van der Waals surface area contributed by atoms with Gasteiger partial charge in [-0.05, 0) is 49.6 Å². The second-order valence-corrected chi connectivity index (χ2v) is 9.21. The van der Waals surface area contributed by atoms with Crippen molar-refractivity contribution in [3.63, 3.8) is 0 Å². The van der Waals surface area contributed by atoms with Gasteiger partial charge < -0.3 is 0 Å². The molecule has 0 saturated carbocycles. The molecule has 29 heavy (non-hydrogen) atoms. The topological polar surface area (TPSA) is 104 Å². The third-order valence-electron chi connectivity index (χ3n) is 4.26. The quantitative estimate of drug-likeness (QED) is 0.604. The average Bonchev–Trinajstić information content (AvgIpc) is 2.63. The summed E-state index contributed by atoms with van der Waals surface area (Å²) in [6.07, 6.45) is 0. The number of nitrogens with one attached hydrogen (secondary N) is 3. The number of carbonyl (C=O) groups excluding carboxylic acids is 2. The van der Waals surface area contributed by atoms with E-state index >= 15 is 0 Å². The number of benzene rings is 2. The number of amides is 2. The summed E-state index contributed by atoms with van der Waals surface area (Å²) in [7, 11) is -3.98.